The summed E-state index contributed by atoms with van der Waals surface area (Å²) < 4.78 is 26.8. The lowest BCUT2D eigenvalue weighted by Gasteiger charge is -2.35. The van der Waals surface area contributed by atoms with Crippen LogP contribution in [0.3, 0.4) is 0 Å². The normalized spacial score (nSPS) is 24.7. The zero-order valence-corrected chi connectivity index (χ0v) is 17.8. The van der Waals surface area contributed by atoms with Crippen LogP contribution in [-0.2, 0) is 14.8 Å². The van der Waals surface area contributed by atoms with Gasteiger partial charge >= 0.3 is 0 Å². The third kappa shape index (κ3) is 5.23. The molecule has 0 N–H and O–H groups in total. The highest BCUT2D eigenvalue weighted by Gasteiger charge is 2.27. The number of likely N-dealkylation sites (tertiary alicyclic amines) is 1. The molecule has 0 spiro atoms. The van der Waals surface area contributed by atoms with Gasteiger partial charge in [-0.15, -0.1) is 0 Å². The largest absolute Gasteiger partial charge is 0.341 e. The quantitative estimate of drug-likeness (QED) is 0.697. The number of piperidine rings is 2. The van der Waals surface area contributed by atoms with Crippen molar-refractivity contribution in [3.05, 3.63) is 18.3 Å². The molecule has 1 amide bonds. The van der Waals surface area contributed by atoms with Gasteiger partial charge in [0.05, 0.1) is 10.8 Å². The van der Waals surface area contributed by atoms with Crippen LogP contribution in [0.5, 0.6) is 0 Å². The average molecular weight is 412 g/mol. The van der Waals surface area contributed by atoms with E-state index in [4.69, 9.17) is 0 Å². The Morgan fingerprint density at radius 1 is 1.15 bits per heavy atom. The Labute approximate surface area is 166 Å². The molecule has 0 radical (unpaired) electrons. The molecule has 2 aliphatic heterocycles. The Balaban J connectivity index is 1.57. The predicted molar refractivity (Wildman–Crippen MR) is 107 cm³/mol. The molecule has 2 aliphatic rings. The van der Waals surface area contributed by atoms with Crippen LogP contribution < -0.4 is 0 Å². The van der Waals surface area contributed by atoms with Crippen molar-refractivity contribution in [1.29, 1.82) is 0 Å². The number of aromatic nitrogens is 1. The molecule has 2 unspecified atom stereocenters. The third-order valence-corrected chi connectivity index (χ3v) is 8.04. The molecule has 0 aliphatic carbocycles. The van der Waals surface area contributed by atoms with Gasteiger partial charge in [-0.25, -0.2) is 13.4 Å². The minimum Gasteiger partial charge on any atom is -0.341 e. The van der Waals surface area contributed by atoms with E-state index in [1.807, 2.05) is 4.90 Å². The topological polar surface area (TPSA) is 70.6 Å². The lowest BCUT2D eigenvalue weighted by molar-refractivity contribution is -0.130. The van der Waals surface area contributed by atoms with Gasteiger partial charge in [-0.3, -0.25) is 4.79 Å². The van der Waals surface area contributed by atoms with Crippen molar-refractivity contribution in [2.24, 2.45) is 11.8 Å². The zero-order valence-electron chi connectivity index (χ0n) is 16.1. The molecule has 2 saturated heterocycles. The molecule has 27 heavy (non-hydrogen) atoms. The second-order valence-corrected chi connectivity index (χ2v) is 10.8. The first-order chi connectivity index (χ1) is 12.9. The summed E-state index contributed by atoms with van der Waals surface area (Å²) >= 11 is 1.37. The molecule has 1 aromatic heterocycles. The van der Waals surface area contributed by atoms with Crippen molar-refractivity contribution in [2.75, 3.05) is 31.9 Å². The molecule has 150 valence electrons. The van der Waals surface area contributed by atoms with E-state index in [9.17, 15) is 13.2 Å². The number of rotatable bonds is 5. The molecule has 0 saturated carbocycles. The summed E-state index contributed by atoms with van der Waals surface area (Å²) in [6.07, 6.45) is 5.50. The Kier molecular flexibility index (Phi) is 6.81. The van der Waals surface area contributed by atoms with Gasteiger partial charge in [0.1, 0.15) is 4.90 Å². The van der Waals surface area contributed by atoms with Crippen LogP contribution in [0.15, 0.2) is 28.3 Å². The molecule has 6 nitrogen and oxygen atoms in total. The van der Waals surface area contributed by atoms with Crippen LogP contribution in [0, 0.1) is 11.8 Å². The average Bonchev–Trinajstić information content (AvgIpc) is 2.66. The van der Waals surface area contributed by atoms with Crippen LogP contribution in [0.2, 0.25) is 0 Å². The van der Waals surface area contributed by atoms with Crippen molar-refractivity contribution in [3.63, 3.8) is 0 Å². The van der Waals surface area contributed by atoms with Crippen LogP contribution in [-0.4, -0.2) is 60.4 Å². The summed E-state index contributed by atoms with van der Waals surface area (Å²) in [5, 5.41) is 0.680. The number of carbonyl (C=O) groups excluding carboxylic acids is 1. The van der Waals surface area contributed by atoms with E-state index in [0.717, 1.165) is 32.4 Å². The van der Waals surface area contributed by atoms with Gasteiger partial charge in [0.2, 0.25) is 15.9 Å². The van der Waals surface area contributed by atoms with E-state index in [0.29, 0.717) is 35.7 Å². The first-order valence-electron chi connectivity index (χ1n) is 9.73. The maximum absolute atomic E-state index is 12.7. The van der Waals surface area contributed by atoms with E-state index in [2.05, 4.69) is 18.8 Å². The number of sulfonamides is 1. The highest BCUT2D eigenvalue weighted by atomic mass is 32.2. The second kappa shape index (κ2) is 8.92. The minimum absolute atomic E-state index is 0.130. The van der Waals surface area contributed by atoms with Crippen LogP contribution >= 0.6 is 11.8 Å². The highest BCUT2D eigenvalue weighted by Crippen LogP contribution is 2.24. The van der Waals surface area contributed by atoms with Crippen molar-refractivity contribution in [1.82, 2.24) is 14.2 Å². The molecule has 2 atom stereocenters. The van der Waals surface area contributed by atoms with E-state index < -0.39 is 10.0 Å². The number of pyridine rings is 1. The first-order valence-corrected chi connectivity index (χ1v) is 12.2. The summed E-state index contributed by atoms with van der Waals surface area (Å²) in [7, 11) is -3.45. The summed E-state index contributed by atoms with van der Waals surface area (Å²) in [5.74, 6) is 1.55. The Bertz CT molecular complexity index is 736. The fourth-order valence-corrected chi connectivity index (χ4v) is 6.16. The van der Waals surface area contributed by atoms with Gasteiger partial charge in [-0.05, 0) is 43.2 Å². The van der Waals surface area contributed by atoms with E-state index in [-0.39, 0.29) is 10.8 Å². The molecule has 0 aromatic carbocycles. The molecule has 3 heterocycles. The van der Waals surface area contributed by atoms with Crippen LogP contribution in [0.1, 0.15) is 39.5 Å². The molecule has 3 rings (SSSR count). The van der Waals surface area contributed by atoms with Crippen molar-refractivity contribution < 1.29 is 13.2 Å². The lowest BCUT2D eigenvalue weighted by Crippen LogP contribution is -2.43. The number of carbonyl (C=O) groups is 1. The number of hydrogen-bond donors (Lipinski definition) is 0. The molecule has 0 bridgehead atoms. The van der Waals surface area contributed by atoms with Crippen LogP contribution in [0.25, 0.3) is 0 Å². The SMILES string of the molecule is CC1CC(C)CN(C(=O)CSc2ccc(S(=O)(=O)N3CCCCC3)cn2)C1. The van der Waals surface area contributed by atoms with Gasteiger partial charge < -0.3 is 4.90 Å². The molecular weight excluding hydrogens is 382 g/mol. The van der Waals surface area contributed by atoms with E-state index in [1.54, 1.807) is 16.4 Å². The Morgan fingerprint density at radius 3 is 2.41 bits per heavy atom. The fourth-order valence-electron chi connectivity index (χ4n) is 3.95. The summed E-state index contributed by atoms with van der Waals surface area (Å²) in [4.78, 5) is 18.9. The summed E-state index contributed by atoms with van der Waals surface area (Å²) in [6, 6.07) is 3.31. The maximum atomic E-state index is 12.7. The van der Waals surface area contributed by atoms with Gasteiger partial charge in [0.15, 0.2) is 0 Å². The lowest BCUT2D eigenvalue weighted by atomic mass is 9.92. The highest BCUT2D eigenvalue weighted by molar-refractivity contribution is 7.99. The van der Waals surface area contributed by atoms with Crippen molar-refractivity contribution in [2.45, 2.75) is 49.5 Å². The smallest absolute Gasteiger partial charge is 0.244 e. The Morgan fingerprint density at radius 2 is 1.81 bits per heavy atom. The predicted octanol–water partition coefficient (Wildman–Crippen LogP) is 2.85. The molecular formula is C19H29N3O3S2. The molecule has 8 heteroatoms. The summed E-state index contributed by atoms with van der Waals surface area (Å²) in [6.45, 7) is 7.19. The van der Waals surface area contributed by atoms with Gasteiger partial charge in [-0.2, -0.15) is 4.31 Å². The number of nitrogens with zero attached hydrogens (tertiary/aromatic N) is 3. The third-order valence-electron chi connectivity index (χ3n) is 5.23. The van der Waals surface area contributed by atoms with Gasteiger partial charge in [-0.1, -0.05) is 32.0 Å². The van der Waals surface area contributed by atoms with Crippen molar-refractivity contribution >= 4 is 27.7 Å². The zero-order chi connectivity index (χ0) is 19.4. The van der Waals surface area contributed by atoms with Gasteiger partial charge in [0, 0.05) is 32.4 Å². The summed E-state index contributed by atoms with van der Waals surface area (Å²) in [5.41, 5.74) is 0. The van der Waals surface area contributed by atoms with Gasteiger partial charge in [0.25, 0.3) is 0 Å². The number of amides is 1. The van der Waals surface area contributed by atoms with E-state index in [1.165, 1.54) is 24.4 Å². The number of hydrogen-bond acceptors (Lipinski definition) is 5. The Hall–Kier alpha value is -1.12. The maximum Gasteiger partial charge on any atom is 0.244 e. The monoisotopic (exact) mass is 411 g/mol. The molecule has 2 fully saturated rings. The standard InChI is InChI=1S/C19H29N3O3S2/c1-15-10-16(2)13-21(12-15)19(23)14-26-18-7-6-17(11-20-18)27(24,25)22-8-4-3-5-9-22/h6-7,11,15-16H,3-5,8-10,12-14H2,1-2H3. The second-order valence-electron chi connectivity index (χ2n) is 7.83. The molecule has 1 aromatic rings. The van der Waals surface area contributed by atoms with Crippen molar-refractivity contribution in [3.8, 4) is 0 Å². The first kappa shape index (κ1) is 20.6. The minimum atomic E-state index is -3.45. The van der Waals surface area contributed by atoms with Crippen LogP contribution in [0.4, 0.5) is 0 Å². The number of thioether (sulfide) groups is 1. The fraction of sp³-hybridized carbons (Fsp3) is 0.684. The van der Waals surface area contributed by atoms with E-state index >= 15 is 0 Å².